The van der Waals surface area contributed by atoms with Crippen molar-refractivity contribution in [2.45, 2.75) is 46.8 Å². The smallest absolute Gasteiger partial charge is 0.413 e. The molecule has 0 radical (unpaired) electrons. The third-order valence-electron chi connectivity index (χ3n) is 4.31. The summed E-state index contributed by atoms with van der Waals surface area (Å²) in [7, 11) is 1.13. The molecule has 2 heterocycles. The van der Waals surface area contributed by atoms with E-state index < -0.39 is 24.1 Å². The number of alkyl carbamates (subject to hydrolysis) is 1. The number of imide groups is 1. The average molecular weight is 402 g/mol. The highest BCUT2D eigenvalue weighted by molar-refractivity contribution is 5.96. The van der Waals surface area contributed by atoms with Gasteiger partial charge in [-0.15, -0.1) is 0 Å². The fraction of sp³-hybridized carbons (Fsp3) is 0.400. The fourth-order valence-corrected chi connectivity index (χ4v) is 2.87. The second-order valence-electron chi connectivity index (χ2n) is 6.78. The summed E-state index contributed by atoms with van der Waals surface area (Å²) in [4.78, 5) is 34.8. The van der Waals surface area contributed by atoms with Gasteiger partial charge in [-0.2, -0.15) is 5.10 Å². The largest absolute Gasteiger partial charge is 0.453 e. The molecule has 1 N–H and O–H groups in total. The maximum atomic E-state index is 12.0. The zero-order chi connectivity index (χ0) is 21.7. The van der Waals surface area contributed by atoms with Crippen molar-refractivity contribution in [3.05, 3.63) is 41.4 Å². The monoisotopic (exact) mass is 402 g/mol. The predicted octanol–water partition coefficient (Wildman–Crippen LogP) is 2.70. The second kappa shape index (κ2) is 9.22. The van der Waals surface area contributed by atoms with Crippen LogP contribution in [0.25, 0.3) is 11.9 Å². The number of nitrogens with zero attached hydrogens (tertiary/aromatic N) is 3. The van der Waals surface area contributed by atoms with Crippen LogP contribution in [0.3, 0.4) is 0 Å². The average Bonchev–Trinajstić information content (AvgIpc) is 3.23. The van der Waals surface area contributed by atoms with Gasteiger partial charge in [-0.3, -0.25) is 10.1 Å². The van der Waals surface area contributed by atoms with E-state index in [-0.39, 0.29) is 6.04 Å². The van der Waals surface area contributed by atoms with Crippen LogP contribution in [0, 0.1) is 13.8 Å². The molecule has 29 heavy (non-hydrogen) atoms. The van der Waals surface area contributed by atoms with Crippen LogP contribution < -0.4 is 5.32 Å². The molecule has 0 aliphatic rings. The maximum Gasteiger partial charge on any atom is 0.413 e. The summed E-state index contributed by atoms with van der Waals surface area (Å²) in [5, 5.41) is 6.31. The van der Waals surface area contributed by atoms with E-state index in [1.807, 2.05) is 36.0 Å². The Balaban J connectivity index is 2.13. The first kappa shape index (κ1) is 21.9. The zero-order valence-electron chi connectivity index (χ0n) is 17.4. The quantitative estimate of drug-likeness (QED) is 0.588. The summed E-state index contributed by atoms with van der Waals surface area (Å²) in [5.41, 5.74) is 2.76. The Kier molecular flexibility index (Phi) is 6.98. The molecule has 156 valence electrons. The Hall–Kier alpha value is -3.36. The number of hydrogen-bond donors (Lipinski definition) is 1. The van der Waals surface area contributed by atoms with E-state index in [1.165, 1.54) is 13.0 Å². The van der Waals surface area contributed by atoms with E-state index in [0.29, 0.717) is 0 Å². The number of esters is 1. The summed E-state index contributed by atoms with van der Waals surface area (Å²) in [6.07, 6.45) is 2.57. The SMILES string of the molecule is COC(=O)NC(=O)[C@@H](C)OC(=O)/C=C/c1cc(C)n(-c2ccnn2C(C)C)c1C. The molecule has 1 atom stereocenters. The normalized spacial score (nSPS) is 12.2. The number of nitrogens with one attached hydrogen (secondary N) is 1. The molecule has 0 spiro atoms. The minimum absolute atomic E-state index is 0.202. The van der Waals surface area contributed by atoms with Crippen molar-refractivity contribution in [2.75, 3.05) is 7.11 Å². The van der Waals surface area contributed by atoms with Gasteiger partial charge in [0.2, 0.25) is 0 Å². The first-order valence-electron chi connectivity index (χ1n) is 9.16. The lowest BCUT2D eigenvalue weighted by atomic mass is 10.2. The molecule has 2 aromatic rings. The molecule has 9 heteroatoms. The van der Waals surface area contributed by atoms with E-state index in [4.69, 9.17) is 4.74 Å². The van der Waals surface area contributed by atoms with Crippen molar-refractivity contribution >= 4 is 24.0 Å². The van der Waals surface area contributed by atoms with E-state index in [9.17, 15) is 14.4 Å². The molecule has 0 aliphatic heterocycles. The van der Waals surface area contributed by atoms with Crippen LogP contribution in [0.1, 0.15) is 43.8 Å². The van der Waals surface area contributed by atoms with E-state index >= 15 is 0 Å². The molecule has 0 unspecified atom stereocenters. The lowest BCUT2D eigenvalue weighted by Crippen LogP contribution is -2.39. The van der Waals surface area contributed by atoms with Crippen molar-refractivity contribution in [1.29, 1.82) is 0 Å². The summed E-state index contributed by atoms with van der Waals surface area (Å²) >= 11 is 0. The first-order chi connectivity index (χ1) is 13.6. The minimum Gasteiger partial charge on any atom is -0.453 e. The first-order valence-corrected chi connectivity index (χ1v) is 9.16. The fourth-order valence-electron chi connectivity index (χ4n) is 2.87. The van der Waals surface area contributed by atoms with E-state index in [2.05, 4.69) is 28.3 Å². The number of hydrogen-bond acceptors (Lipinski definition) is 6. The van der Waals surface area contributed by atoms with Gasteiger partial charge in [0.25, 0.3) is 5.91 Å². The van der Waals surface area contributed by atoms with Gasteiger partial charge in [-0.1, -0.05) is 0 Å². The lowest BCUT2D eigenvalue weighted by molar-refractivity contribution is -0.149. The number of carbonyl (C=O) groups excluding carboxylic acids is 3. The zero-order valence-corrected chi connectivity index (χ0v) is 17.4. The number of ether oxygens (including phenoxy) is 2. The summed E-state index contributed by atoms with van der Waals surface area (Å²) in [6, 6.07) is 4.08. The van der Waals surface area contributed by atoms with Crippen LogP contribution in [0.5, 0.6) is 0 Å². The molecule has 0 aromatic carbocycles. The summed E-state index contributed by atoms with van der Waals surface area (Å²) in [6.45, 7) is 9.39. The molecule has 0 saturated carbocycles. The molecule has 0 bridgehead atoms. The van der Waals surface area contributed by atoms with Gasteiger partial charge >= 0.3 is 12.1 Å². The number of carbonyl (C=O) groups is 3. The maximum absolute atomic E-state index is 12.0. The second-order valence-corrected chi connectivity index (χ2v) is 6.78. The van der Waals surface area contributed by atoms with Crippen LogP contribution >= 0.6 is 0 Å². The van der Waals surface area contributed by atoms with Gasteiger partial charge in [-0.25, -0.2) is 14.3 Å². The number of aryl methyl sites for hydroxylation is 1. The van der Waals surface area contributed by atoms with Crippen molar-refractivity contribution in [3.8, 4) is 5.82 Å². The topological polar surface area (TPSA) is 104 Å². The van der Waals surface area contributed by atoms with Crippen LogP contribution in [0.2, 0.25) is 0 Å². The van der Waals surface area contributed by atoms with Crippen molar-refractivity contribution in [1.82, 2.24) is 19.7 Å². The summed E-state index contributed by atoms with van der Waals surface area (Å²) in [5.74, 6) is -0.529. The number of rotatable bonds is 6. The number of methoxy groups -OCH3 is 1. The Morgan fingerprint density at radius 2 is 1.90 bits per heavy atom. The molecular formula is C20H26N4O5. The minimum atomic E-state index is -1.14. The van der Waals surface area contributed by atoms with Gasteiger partial charge in [0, 0.05) is 29.6 Å². The number of aromatic nitrogens is 3. The molecule has 0 fully saturated rings. The van der Waals surface area contributed by atoms with E-state index in [0.717, 1.165) is 29.9 Å². The number of amides is 2. The van der Waals surface area contributed by atoms with Gasteiger partial charge < -0.3 is 14.0 Å². The highest BCUT2D eigenvalue weighted by Gasteiger charge is 2.19. The Morgan fingerprint density at radius 1 is 1.21 bits per heavy atom. The van der Waals surface area contributed by atoms with Gasteiger partial charge in [0.1, 0.15) is 5.82 Å². The Bertz CT molecular complexity index is 939. The molecular weight excluding hydrogens is 376 g/mol. The molecule has 0 aliphatic carbocycles. The standard InChI is InChI=1S/C20H26N4O5/c1-12(2)24-17(9-10-21-24)23-13(3)11-16(14(23)4)7-8-18(25)29-15(5)19(26)22-20(27)28-6/h7-12,15H,1-6H3,(H,22,26,27)/b8-7+/t15-/m1/s1. The Labute approximate surface area is 169 Å². The lowest BCUT2D eigenvalue weighted by Gasteiger charge is -2.15. The molecule has 2 amide bonds. The summed E-state index contributed by atoms with van der Waals surface area (Å²) < 4.78 is 13.3. The van der Waals surface area contributed by atoms with Crippen molar-refractivity contribution < 1.29 is 23.9 Å². The van der Waals surface area contributed by atoms with Gasteiger partial charge in [-0.05, 0) is 52.3 Å². The molecule has 0 saturated heterocycles. The van der Waals surface area contributed by atoms with Crippen molar-refractivity contribution in [3.63, 3.8) is 0 Å². The Morgan fingerprint density at radius 3 is 2.52 bits per heavy atom. The van der Waals surface area contributed by atoms with Crippen LogP contribution in [-0.4, -0.2) is 45.5 Å². The molecule has 9 nitrogen and oxygen atoms in total. The van der Waals surface area contributed by atoms with Crippen LogP contribution in [0.15, 0.2) is 24.4 Å². The molecule has 2 aromatic heterocycles. The third-order valence-corrected chi connectivity index (χ3v) is 4.31. The van der Waals surface area contributed by atoms with Gasteiger partial charge in [0.05, 0.1) is 13.3 Å². The molecule has 2 rings (SSSR count). The van der Waals surface area contributed by atoms with E-state index in [1.54, 1.807) is 12.3 Å². The third kappa shape index (κ3) is 5.13. The van der Waals surface area contributed by atoms with Crippen LogP contribution in [0.4, 0.5) is 4.79 Å². The van der Waals surface area contributed by atoms with Gasteiger partial charge in [0.15, 0.2) is 6.10 Å². The highest BCUT2D eigenvalue weighted by atomic mass is 16.6. The highest BCUT2D eigenvalue weighted by Crippen LogP contribution is 2.23. The van der Waals surface area contributed by atoms with Crippen LogP contribution in [-0.2, 0) is 19.1 Å². The predicted molar refractivity (Wildman–Crippen MR) is 107 cm³/mol. The van der Waals surface area contributed by atoms with Crippen molar-refractivity contribution in [2.24, 2.45) is 0 Å².